The maximum absolute atomic E-state index is 6.15. The highest BCUT2D eigenvalue weighted by Gasteiger charge is 2.11. The smallest absolute Gasteiger partial charge is 0.166 e. The number of nitrogens with one attached hydrogen (secondary N) is 1. The molecular formula is C22H25NO3. The van der Waals surface area contributed by atoms with Gasteiger partial charge in [-0.1, -0.05) is 42.0 Å². The molecule has 0 atom stereocenters. The van der Waals surface area contributed by atoms with Gasteiger partial charge in [-0.25, -0.2) is 0 Å². The lowest BCUT2D eigenvalue weighted by Gasteiger charge is -2.16. The summed E-state index contributed by atoms with van der Waals surface area (Å²) in [6.45, 7) is 6.51. The third-order valence-corrected chi connectivity index (χ3v) is 4.06. The molecule has 1 N–H and O–H groups in total. The van der Waals surface area contributed by atoms with E-state index in [1.54, 1.807) is 6.26 Å². The van der Waals surface area contributed by atoms with Gasteiger partial charge in [-0.15, -0.1) is 0 Å². The van der Waals surface area contributed by atoms with Crippen LogP contribution in [0.25, 0.3) is 0 Å². The highest BCUT2D eigenvalue weighted by molar-refractivity contribution is 5.46. The van der Waals surface area contributed by atoms with Crippen LogP contribution in [-0.4, -0.2) is 6.61 Å². The van der Waals surface area contributed by atoms with Crippen LogP contribution in [0.5, 0.6) is 11.5 Å². The second-order valence-electron chi connectivity index (χ2n) is 6.13. The van der Waals surface area contributed by atoms with Gasteiger partial charge in [-0.2, -0.15) is 0 Å². The molecule has 0 fully saturated rings. The first-order valence-corrected chi connectivity index (χ1v) is 8.92. The minimum absolute atomic E-state index is 0.509. The van der Waals surface area contributed by atoms with E-state index in [2.05, 4.69) is 42.6 Å². The number of hydrogen-bond acceptors (Lipinski definition) is 4. The lowest BCUT2D eigenvalue weighted by atomic mass is 10.1. The number of para-hydroxylation sites is 1. The molecule has 3 rings (SSSR count). The molecule has 136 valence electrons. The summed E-state index contributed by atoms with van der Waals surface area (Å²) >= 11 is 0. The van der Waals surface area contributed by atoms with Crippen LogP contribution >= 0.6 is 0 Å². The van der Waals surface area contributed by atoms with Crippen LogP contribution in [-0.2, 0) is 19.7 Å². The van der Waals surface area contributed by atoms with E-state index in [0.29, 0.717) is 26.3 Å². The quantitative estimate of drug-likeness (QED) is 0.598. The molecule has 0 spiro atoms. The molecule has 0 amide bonds. The van der Waals surface area contributed by atoms with Crippen molar-refractivity contribution in [3.63, 3.8) is 0 Å². The fraction of sp³-hybridized carbons (Fsp3) is 0.273. The van der Waals surface area contributed by atoms with Crippen molar-refractivity contribution in [3.8, 4) is 11.5 Å². The van der Waals surface area contributed by atoms with Crippen molar-refractivity contribution in [1.82, 2.24) is 5.32 Å². The summed E-state index contributed by atoms with van der Waals surface area (Å²) in [5.74, 6) is 2.48. The molecule has 26 heavy (non-hydrogen) atoms. The third-order valence-electron chi connectivity index (χ3n) is 4.06. The van der Waals surface area contributed by atoms with Crippen LogP contribution < -0.4 is 14.8 Å². The van der Waals surface area contributed by atoms with E-state index in [-0.39, 0.29) is 0 Å². The van der Waals surface area contributed by atoms with Gasteiger partial charge in [0.05, 0.1) is 19.4 Å². The summed E-state index contributed by atoms with van der Waals surface area (Å²) in [5, 5.41) is 3.39. The van der Waals surface area contributed by atoms with E-state index in [0.717, 1.165) is 28.4 Å². The molecule has 3 aromatic rings. The predicted molar refractivity (Wildman–Crippen MR) is 102 cm³/mol. The fourth-order valence-corrected chi connectivity index (χ4v) is 2.71. The molecular weight excluding hydrogens is 326 g/mol. The summed E-state index contributed by atoms with van der Waals surface area (Å²) in [6.07, 6.45) is 1.68. The first-order chi connectivity index (χ1) is 12.8. The second-order valence-corrected chi connectivity index (χ2v) is 6.13. The number of benzene rings is 2. The monoisotopic (exact) mass is 351 g/mol. The molecule has 0 aliphatic heterocycles. The van der Waals surface area contributed by atoms with Crippen molar-refractivity contribution in [1.29, 1.82) is 0 Å². The van der Waals surface area contributed by atoms with Gasteiger partial charge in [0.25, 0.3) is 0 Å². The molecule has 0 radical (unpaired) electrons. The molecule has 2 aromatic carbocycles. The van der Waals surface area contributed by atoms with E-state index in [9.17, 15) is 0 Å². The molecule has 0 bridgehead atoms. The standard InChI is InChI=1S/C22H25NO3/c1-3-24-21-8-4-6-19(14-23-15-20-7-5-13-25-20)22(21)26-16-18-11-9-17(2)10-12-18/h4-13,23H,3,14-16H2,1-2H3. The Kier molecular flexibility index (Phi) is 6.34. The first-order valence-electron chi connectivity index (χ1n) is 8.92. The summed E-state index contributed by atoms with van der Waals surface area (Å²) < 4.78 is 17.3. The molecule has 0 unspecified atom stereocenters. The van der Waals surface area contributed by atoms with Gasteiger partial charge < -0.3 is 19.2 Å². The maximum atomic E-state index is 6.15. The minimum atomic E-state index is 0.509. The molecule has 0 saturated heterocycles. The molecule has 4 nitrogen and oxygen atoms in total. The Morgan fingerprint density at radius 1 is 0.923 bits per heavy atom. The van der Waals surface area contributed by atoms with Crippen LogP contribution in [0.3, 0.4) is 0 Å². The average Bonchev–Trinajstić information content (AvgIpc) is 3.16. The van der Waals surface area contributed by atoms with Crippen molar-refractivity contribution >= 4 is 0 Å². The zero-order valence-corrected chi connectivity index (χ0v) is 15.3. The van der Waals surface area contributed by atoms with Crippen LogP contribution in [0, 0.1) is 6.92 Å². The van der Waals surface area contributed by atoms with Crippen LogP contribution in [0.2, 0.25) is 0 Å². The number of ether oxygens (including phenoxy) is 2. The average molecular weight is 351 g/mol. The summed E-state index contributed by atoms with van der Waals surface area (Å²) in [7, 11) is 0. The molecule has 0 aliphatic carbocycles. The predicted octanol–water partition coefficient (Wildman–Crippen LogP) is 4.86. The van der Waals surface area contributed by atoms with Gasteiger partial charge in [0, 0.05) is 12.1 Å². The highest BCUT2D eigenvalue weighted by Crippen LogP contribution is 2.32. The summed E-state index contributed by atoms with van der Waals surface area (Å²) in [4.78, 5) is 0. The minimum Gasteiger partial charge on any atom is -0.490 e. The van der Waals surface area contributed by atoms with Gasteiger partial charge in [0.2, 0.25) is 0 Å². The van der Waals surface area contributed by atoms with Crippen molar-refractivity contribution < 1.29 is 13.9 Å². The zero-order valence-electron chi connectivity index (χ0n) is 15.3. The second kappa shape index (κ2) is 9.11. The summed E-state index contributed by atoms with van der Waals surface area (Å²) in [6, 6.07) is 18.2. The van der Waals surface area contributed by atoms with E-state index in [1.807, 2.05) is 31.2 Å². The molecule has 1 heterocycles. The Morgan fingerprint density at radius 3 is 2.50 bits per heavy atom. The van der Waals surface area contributed by atoms with Gasteiger partial charge in [-0.05, 0) is 37.6 Å². The topological polar surface area (TPSA) is 43.6 Å². The van der Waals surface area contributed by atoms with Crippen molar-refractivity contribution in [3.05, 3.63) is 83.3 Å². The number of rotatable bonds is 9. The van der Waals surface area contributed by atoms with Crippen molar-refractivity contribution in [2.45, 2.75) is 33.5 Å². The van der Waals surface area contributed by atoms with Crippen LogP contribution in [0.1, 0.15) is 29.4 Å². The SMILES string of the molecule is CCOc1cccc(CNCc2ccco2)c1OCc1ccc(C)cc1. The Labute approximate surface area is 154 Å². The van der Waals surface area contributed by atoms with Gasteiger partial charge in [-0.3, -0.25) is 0 Å². The van der Waals surface area contributed by atoms with E-state index >= 15 is 0 Å². The van der Waals surface area contributed by atoms with Gasteiger partial charge in [0.1, 0.15) is 12.4 Å². The number of aryl methyl sites for hydroxylation is 1. The van der Waals surface area contributed by atoms with Crippen molar-refractivity contribution in [2.24, 2.45) is 0 Å². The first kappa shape index (κ1) is 18.1. The van der Waals surface area contributed by atoms with Gasteiger partial charge in [0.15, 0.2) is 11.5 Å². The molecule has 1 aromatic heterocycles. The Bertz CT molecular complexity index is 795. The lowest BCUT2D eigenvalue weighted by molar-refractivity contribution is 0.266. The zero-order chi connectivity index (χ0) is 18.2. The van der Waals surface area contributed by atoms with Crippen LogP contribution in [0.4, 0.5) is 0 Å². The lowest BCUT2D eigenvalue weighted by Crippen LogP contribution is -2.13. The van der Waals surface area contributed by atoms with E-state index in [1.165, 1.54) is 5.56 Å². The molecule has 0 aliphatic rings. The largest absolute Gasteiger partial charge is 0.490 e. The molecule has 0 saturated carbocycles. The maximum Gasteiger partial charge on any atom is 0.166 e. The number of hydrogen-bond donors (Lipinski definition) is 1. The Morgan fingerprint density at radius 2 is 1.77 bits per heavy atom. The third kappa shape index (κ3) is 4.90. The highest BCUT2D eigenvalue weighted by atomic mass is 16.5. The Balaban J connectivity index is 1.70. The molecule has 4 heteroatoms. The van der Waals surface area contributed by atoms with Crippen molar-refractivity contribution in [2.75, 3.05) is 6.61 Å². The van der Waals surface area contributed by atoms with E-state index < -0.39 is 0 Å². The van der Waals surface area contributed by atoms with E-state index in [4.69, 9.17) is 13.9 Å². The fourth-order valence-electron chi connectivity index (χ4n) is 2.71. The number of furan rings is 1. The summed E-state index contributed by atoms with van der Waals surface area (Å²) in [5.41, 5.74) is 3.44. The van der Waals surface area contributed by atoms with Gasteiger partial charge >= 0.3 is 0 Å². The normalized spacial score (nSPS) is 10.7. The Hall–Kier alpha value is -2.72. The van der Waals surface area contributed by atoms with Crippen LogP contribution in [0.15, 0.2) is 65.3 Å².